The van der Waals surface area contributed by atoms with Gasteiger partial charge in [-0.3, -0.25) is 10.1 Å². The third-order valence-corrected chi connectivity index (χ3v) is 2.83. The smallest absolute Gasteiger partial charge is 0.273 e. The zero-order valence-electron chi connectivity index (χ0n) is 11.1. The summed E-state index contributed by atoms with van der Waals surface area (Å²) in [5.74, 6) is 0.576. The number of hydrogen-bond donors (Lipinski definition) is 0. The summed E-state index contributed by atoms with van der Waals surface area (Å²) >= 11 is 0. The Morgan fingerprint density at radius 2 is 2.11 bits per heavy atom. The van der Waals surface area contributed by atoms with Crippen LogP contribution in [-0.2, 0) is 0 Å². The van der Waals surface area contributed by atoms with Gasteiger partial charge in [-0.05, 0) is 25.8 Å². The molecule has 0 saturated heterocycles. The summed E-state index contributed by atoms with van der Waals surface area (Å²) in [6, 6.07) is 6.36. The van der Waals surface area contributed by atoms with Crippen LogP contribution in [0.1, 0.15) is 46.0 Å². The maximum atomic E-state index is 10.6. The largest absolute Gasteiger partial charge is 0.490 e. The van der Waals surface area contributed by atoms with E-state index < -0.39 is 4.92 Å². The third-order valence-electron chi connectivity index (χ3n) is 2.83. The Morgan fingerprint density at radius 1 is 1.33 bits per heavy atom. The van der Waals surface area contributed by atoms with Gasteiger partial charge in [0.05, 0.1) is 17.1 Å². The Balaban J connectivity index is 2.41. The molecule has 1 atom stereocenters. The van der Waals surface area contributed by atoms with Crippen LogP contribution in [-0.4, -0.2) is 11.0 Å². The van der Waals surface area contributed by atoms with E-state index in [0.29, 0.717) is 5.75 Å². The van der Waals surface area contributed by atoms with Gasteiger partial charge in [-0.1, -0.05) is 32.3 Å². The number of hydrogen-bond acceptors (Lipinski definition) is 3. The molecule has 0 radical (unpaired) electrons. The molecular weight excluding hydrogens is 230 g/mol. The fourth-order valence-corrected chi connectivity index (χ4v) is 1.82. The Morgan fingerprint density at radius 3 is 2.78 bits per heavy atom. The topological polar surface area (TPSA) is 52.4 Å². The number of nitrogens with zero attached hydrogens (tertiary/aromatic N) is 1. The van der Waals surface area contributed by atoms with E-state index in [1.807, 2.05) is 6.92 Å². The van der Waals surface area contributed by atoms with Crippen LogP contribution >= 0.6 is 0 Å². The Hall–Kier alpha value is -1.58. The van der Waals surface area contributed by atoms with Crippen molar-refractivity contribution in [3.63, 3.8) is 0 Å². The van der Waals surface area contributed by atoms with Gasteiger partial charge in [0, 0.05) is 6.07 Å². The molecule has 1 rings (SSSR count). The SMILES string of the molecule is CCCCCC[C@@H](C)Oc1cccc([N+](=O)[O-])c1. The van der Waals surface area contributed by atoms with Crippen LogP contribution < -0.4 is 4.74 Å². The molecule has 18 heavy (non-hydrogen) atoms. The summed E-state index contributed by atoms with van der Waals surface area (Å²) < 4.78 is 5.68. The van der Waals surface area contributed by atoms with E-state index in [0.717, 1.165) is 12.8 Å². The first-order valence-electron chi connectivity index (χ1n) is 6.54. The van der Waals surface area contributed by atoms with Crippen molar-refractivity contribution in [2.45, 2.75) is 52.1 Å². The molecule has 0 aliphatic rings. The molecular formula is C14H21NO3. The Kier molecular flexibility index (Phi) is 6.19. The van der Waals surface area contributed by atoms with Crippen molar-refractivity contribution < 1.29 is 9.66 Å². The number of nitro groups is 1. The van der Waals surface area contributed by atoms with Crippen LogP contribution in [0.25, 0.3) is 0 Å². The second-order valence-corrected chi connectivity index (χ2v) is 4.53. The molecule has 0 aliphatic heterocycles. The van der Waals surface area contributed by atoms with Crippen LogP contribution in [0.15, 0.2) is 24.3 Å². The summed E-state index contributed by atoms with van der Waals surface area (Å²) in [5.41, 5.74) is 0.0747. The van der Waals surface area contributed by atoms with Gasteiger partial charge in [0.2, 0.25) is 0 Å². The van der Waals surface area contributed by atoms with Gasteiger partial charge in [-0.2, -0.15) is 0 Å². The molecule has 4 heteroatoms. The van der Waals surface area contributed by atoms with Crippen molar-refractivity contribution in [2.75, 3.05) is 0 Å². The monoisotopic (exact) mass is 251 g/mol. The van der Waals surface area contributed by atoms with E-state index in [1.165, 1.54) is 31.4 Å². The third kappa shape index (κ3) is 5.17. The summed E-state index contributed by atoms with van der Waals surface area (Å²) in [7, 11) is 0. The lowest BCUT2D eigenvalue weighted by Crippen LogP contribution is -2.11. The van der Waals surface area contributed by atoms with Crippen molar-refractivity contribution in [3.05, 3.63) is 34.4 Å². The first-order valence-corrected chi connectivity index (χ1v) is 6.54. The average Bonchev–Trinajstić information content (AvgIpc) is 2.35. The van der Waals surface area contributed by atoms with Crippen molar-refractivity contribution in [1.29, 1.82) is 0 Å². The van der Waals surface area contributed by atoms with Crippen LogP contribution in [0.2, 0.25) is 0 Å². The number of non-ortho nitro benzene ring substituents is 1. The lowest BCUT2D eigenvalue weighted by molar-refractivity contribution is -0.384. The standard InChI is InChI=1S/C14H21NO3/c1-3-4-5-6-8-12(2)18-14-10-7-9-13(11-14)15(16)17/h7,9-12H,3-6,8H2,1-2H3/t12-/m1/s1. The lowest BCUT2D eigenvalue weighted by atomic mass is 10.1. The average molecular weight is 251 g/mol. The van der Waals surface area contributed by atoms with Crippen LogP contribution in [0, 0.1) is 10.1 Å². The van der Waals surface area contributed by atoms with Crippen LogP contribution in [0.4, 0.5) is 5.69 Å². The van der Waals surface area contributed by atoms with Crippen molar-refractivity contribution in [2.24, 2.45) is 0 Å². The zero-order valence-corrected chi connectivity index (χ0v) is 11.1. The highest BCUT2D eigenvalue weighted by atomic mass is 16.6. The Bertz CT molecular complexity index is 379. The molecule has 1 aromatic rings. The van der Waals surface area contributed by atoms with Gasteiger partial charge in [-0.15, -0.1) is 0 Å². The Labute approximate surface area is 108 Å². The molecule has 0 heterocycles. The minimum absolute atomic E-state index is 0.0747. The van der Waals surface area contributed by atoms with Crippen molar-refractivity contribution >= 4 is 5.69 Å². The molecule has 0 unspecified atom stereocenters. The number of unbranched alkanes of at least 4 members (excludes halogenated alkanes) is 3. The molecule has 0 saturated carbocycles. The molecule has 100 valence electrons. The molecule has 1 aromatic carbocycles. The fourth-order valence-electron chi connectivity index (χ4n) is 1.82. The van der Waals surface area contributed by atoms with Crippen LogP contribution in [0.5, 0.6) is 5.75 Å². The molecule has 4 nitrogen and oxygen atoms in total. The second kappa shape index (κ2) is 7.69. The highest BCUT2D eigenvalue weighted by molar-refractivity contribution is 5.38. The van der Waals surface area contributed by atoms with Crippen molar-refractivity contribution in [1.82, 2.24) is 0 Å². The highest BCUT2D eigenvalue weighted by Gasteiger charge is 2.09. The lowest BCUT2D eigenvalue weighted by Gasteiger charge is -2.14. The molecule has 0 fully saturated rings. The minimum atomic E-state index is -0.404. The van der Waals surface area contributed by atoms with E-state index in [9.17, 15) is 10.1 Å². The summed E-state index contributed by atoms with van der Waals surface area (Å²) in [6.07, 6.45) is 5.93. The molecule has 0 spiro atoms. The number of benzene rings is 1. The van der Waals surface area contributed by atoms with Gasteiger partial charge in [0.25, 0.3) is 5.69 Å². The predicted octanol–water partition coefficient (Wildman–Crippen LogP) is 4.33. The minimum Gasteiger partial charge on any atom is -0.490 e. The summed E-state index contributed by atoms with van der Waals surface area (Å²) in [5, 5.41) is 10.6. The van der Waals surface area contributed by atoms with Gasteiger partial charge in [0.15, 0.2) is 0 Å². The number of nitro benzene ring substituents is 1. The molecule has 0 aromatic heterocycles. The van der Waals surface area contributed by atoms with Gasteiger partial charge < -0.3 is 4.74 Å². The van der Waals surface area contributed by atoms with E-state index >= 15 is 0 Å². The molecule has 0 bridgehead atoms. The molecule has 0 amide bonds. The van der Waals surface area contributed by atoms with Crippen molar-refractivity contribution in [3.8, 4) is 5.75 Å². The van der Waals surface area contributed by atoms with E-state index in [-0.39, 0.29) is 11.8 Å². The second-order valence-electron chi connectivity index (χ2n) is 4.53. The first-order chi connectivity index (χ1) is 8.63. The van der Waals surface area contributed by atoms with Crippen LogP contribution in [0.3, 0.4) is 0 Å². The van der Waals surface area contributed by atoms with Gasteiger partial charge in [0.1, 0.15) is 5.75 Å². The van der Waals surface area contributed by atoms with Gasteiger partial charge in [-0.25, -0.2) is 0 Å². The maximum Gasteiger partial charge on any atom is 0.273 e. The number of ether oxygens (including phenoxy) is 1. The molecule has 0 aliphatic carbocycles. The zero-order chi connectivity index (χ0) is 13.4. The highest BCUT2D eigenvalue weighted by Crippen LogP contribution is 2.21. The quantitative estimate of drug-likeness (QED) is 0.392. The van der Waals surface area contributed by atoms with E-state index in [1.54, 1.807) is 12.1 Å². The number of rotatable bonds is 8. The molecule has 0 N–H and O–H groups in total. The summed E-state index contributed by atoms with van der Waals surface area (Å²) in [4.78, 5) is 10.2. The maximum absolute atomic E-state index is 10.6. The van der Waals surface area contributed by atoms with Gasteiger partial charge >= 0.3 is 0 Å². The van der Waals surface area contributed by atoms with E-state index in [4.69, 9.17) is 4.74 Å². The normalized spacial score (nSPS) is 12.1. The predicted molar refractivity (Wildman–Crippen MR) is 71.9 cm³/mol. The fraction of sp³-hybridized carbons (Fsp3) is 0.571. The first kappa shape index (κ1) is 14.5. The van der Waals surface area contributed by atoms with E-state index in [2.05, 4.69) is 6.92 Å². The summed E-state index contributed by atoms with van der Waals surface area (Å²) in [6.45, 7) is 4.19.